The third kappa shape index (κ3) is 5.90. The summed E-state index contributed by atoms with van der Waals surface area (Å²) in [6.07, 6.45) is 0. The summed E-state index contributed by atoms with van der Waals surface area (Å²) in [7, 11) is -3.85. The minimum atomic E-state index is -3.85. The van der Waals surface area contributed by atoms with E-state index in [1.807, 2.05) is 13.8 Å². The van der Waals surface area contributed by atoms with Crippen LogP contribution in [0.1, 0.15) is 38.1 Å². The zero-order valence-electron chi connectivity index (χ0n) is 17.8. The van der Waals surface area contributed by atoms with E-state index in [2.05, 4.69) is 10.0 Å². The second-order valence-electron chi connectivity index (χ2n) is 7.20. The molecule has 0 aliphatic rings. The number of carbonyl (C=O) groups excluding carboxylic acids is 2. The molecule has 1 atom stereocenters. The Kier molecular flexibility index (Phi) is 8.14. The third-order valence-electron chi connectivity index (χ3n) is 4.71. The maximum absolute atomic E-state index is 12.9. The van der Waals surface area contributed by atoms with Crippen LogP contribution in [-0.2, 0) is 14.8 Å². The summed E-state index contributed by atoms with van der Waals surface area (Å²) in [5, 5.41) is 2.73. The maximum atomic E-state index is 12.9. The summed E-state index contributed by atoms with van der Waals surface area (Å²) >= 11 is 0. The van der Waals surface area contributed by atoms with E-state index >= 15 is 0 Å². The number of carbonyl (C=O) groups is 2. The second kappa shape index (κ2) is 10.4. The van der Waals surface area contributed by atoms with E-state index in [0.717, 1.165) is 0 Å². The highest BCUT2D eigenvalue weighted by Gasteiger charge is 2.28. The molecule has 0 saturated carbocycles. The van der Waals surface area contributed by atoms with Gasteiger partial charge in [-0.3, -0.25) is 9.59 Å². The Bertz CT molecular complexity index is 971. The highest BCUT2D eigenvalue weighted by molar-refractivity contribution is 7.89. The molecule has 0 aromatic heterocycles. The molecule has 2 aromatic carbocycles. The van der Waals surface area contributed by atoms with Crippen molar-refractivity contribution in [3.05, 3.63) is 60.2 Å². The van der Waals surface area contributed by atoms with E-state index in [1.54, 1.807) is 61.2 Å². The van der Waals surface area contributed by atoms with Crippen molar-refractivity contribution in [1.29, 1.82) is 0 Å². The first-order valence-electron chi connectivity index (χ1n) is 9.97. The van der Waals surface area contributed by atoms with Gasteiger partial charge < -0.3 is 10.2 Å². The Balaban J connectivity index is 2.20. The first kappa shape index (κ1) is 23.6. The van der Waals surface area contributed by atoms with Gasteiger partial charge in [-0.2, -0.15) is 4.72 Å². The van der Waals surface area contributed by atoms with Gasteiger partial charge >= 0.3 is 0 Å². The van der Waals surface area contributed by atoms with Crippen molar-refractivity contribution < 1.29 is 18.0 Å². The number of anilines is 1. The average molecular weight is 432 g/mol. The van der Waals surface area contributed by atoms with Crippen molar-refractivity contribution in [2.24, 2.45) is 5.92 Å². The topological polar surface area (TPSA) is 95.6 Å². The molecule has 0 aliphatic carbocycles. The molecule has 0 saturated heterocycles. The van der Waals surface area contributed by atoms with Crippen LogP contribution in [0.15, 0.2) is 59.5 Å². The smallest absolute Gasteiger partial charge is 0.253 e. The van der Waals surface area contributed by atoms with E-state index in [4.69, 9.17) is 0 Å². The van der Waals surface area contributed by atoms with Crippen molar-refractivity contribution in [3.8, 4) is 0 Å². The normalized spacial score (nSPS) is 12.4. The lowest BCUT2D eigenvalue weighted by molar-refractivity contribution is -0.118. The molecule has 0 fully saturated rings. The lowest BCUT2D eigenvalue weighted by Crippen LogP contribution is -2.47. The number of nitrogens with zero attached hydrogens (tertiary/aromatic N) is 1. The van der Waals surface area contributed by atoms with Gasteiger partial charge in [-0.05, 0) is 50.1 Å². The summed E-state index contributed by atoms with van der Waals surface area (Å²) in [6, 6.07) is 13.6. The van der Waals surface area contributed by atoms with Gasteiger partial charge in [0.1, 0.15) is 6.04 Å². The minimum Gasteiger partial charge on any atom is -0.339 e. The van der Waals surface area contributed by atoms with Crippen LogP contribution in [0.5, 0.6) is 0 Å². The fourth-order valence-corrected chi connectivity index (χ4v) is 4.34. The van der Waals surface area contributed by atoms with Gasteiger partial charge in [0.05, 0.1) is 4.90 Å². The zero-order chi connectivity index (χ0) is 22.3. The number of sulfonamides is 1. The Morgan fingerprint density at radius 2 is 1.60 bits per heavy atom. The van der Waals surface area contributed by atoms with Gasteiger partial charge in [-0.25, -0.2) is 8.42 Å². The monoisotopic (exact) mass is 431 g/mol. The van der Waals surface area contributed by atoms with Gasteiger partial charge in [0.2, 0.25) is 15.9 Å². The van der Waals surface area contributed by atoms with Crippen LogP contribution < -0.4 is 10.0 Å². The number of benzene rings is 2. The maximum Gasteiger partial charge on any atom is 0.253 e. The molecular weight excluding hydrogens is 402 g/mol. The molecule has 2 N–H and O–H groups in total. The van der Waals surface area contributed by atoms with Gasteiger partial charge in [0.15, 0.2) is 0 Å². The van der Waals surface area contributed by atoms with E-state index in [9.17, 15) is 18.0 Å². The molecule has 30 heavy (non-hydrogen) atoms. The van der Waals surface area contributed by atoms with Crippen LogP contribution in [0.25, 0.3) is 0 Å². The van der Waals surface area contributed by atoms with Crippen molar-refractivity contribution >= 4 is 27.5 Å². The molecule has 2 amide bonds. The molecular formula is C22H29N3O4S. The van der Waals surface area contributed by atoms with E-state index in [1.165, 1.54) is 12.1 Å². The number of hydrogen-bond acceptors (Lipinski definition) is 4. The molecule has 0 spiro atoms. The van der Waals surface area contributed by atoms with Crippen LogP contribution >= 0.6 is 0 Å². The molecule has 0 heterocycles. The van der Waals surface area contributed by atoms with Crippen molar-refractivity contribution in [3.63, 3.8) is 0 Å². The van der Waals surface area contributed by atoms with E-state index in [0.29, 0.717) is 24.3 Å². The molecule has 0 unspecified atom stereocenters. The molecule has 0 bridgehead atoms. The highest BCUT2D eigenvalue weighted by Crippen LogP contribution is 2.16. The Hall–Kier alpha value is -2.71. The third-order valence-corrected chi connectivity index (χ3v) is 6.17. The first-order chi connectivity index (χ1) is 14.2. The van der Waals surface area contributed by atoms with Crippen LogP contribution in [0.4, 0.5) is 5.69 Å². The van der Waals surface area contributed by atoms with Gasteiger partial charge in [-0.1, -0.05) is 38.1 Å². The SMILES string of the molecule is CCN(CC)C(=O)c1cccc(NC(=O)[C@H](NS(=O)(=O)c2ccccc2)C(C)C)c1. The van der Waals surface area contributed by atoms with Gasteiger partial charge in [0, 0.05) is 24.3 Å². The molecule has 2 aromatic rings. The number of amides is 2. The van der Waals surface area contributed by atoms with E-state index in [-0.39, 0.29) is 16.7 Å². The van der Waals surface area contributed by atoms with Crippen LogP contribution in [0, 0.1) is 5.92 Å². The Morgan fingerprint density at radius 3 is 2.17 bits per heavy atom. The molecule has 0 radical (unpaired) electrons. The van der Waals surface area contributed by atoms with Crippen molar-refractivity contribution in [2.45, 2.75) is 38.6 Å². The number of nitrogens with one attached hydrogen (secondary N) is 2. The molecule has 0 aliphatic heterocycles. The largest absolute Gasteiger partial charge is 0.339 e. The lowest BCUT2D eigenvalue weighted by Gasteiger charge is -2.22. The molecule has 7 nitrogen and oxygen atoms in total. The fourth-order valence-electron chi connectivity index (χ4n) is 2.97. The van der Waals surface area contributed by atoms with Crippen molar-refractivity contribution in [1.82, 2.24) is 9.62 Å². The first-order valence-corrected chi connectivity index (χ1v) is 11.5. The molecule has 2 rings (SSSR count). The Labute approximate surface area is 178 Å². The van der Waals surface area contributed by atoms with Gasteiger partial charge in [-0.15, -0.1) is 0 Å². The summed E-state index contributed by atoms with van der Waals surface area (Å²) in [5.74, 6) is -0.901. The standard InChI is InChI=1S/C22H29N3O4S/c1-5-25(6-2)22(27)17-11-10-12-18(15-17)23-21(26)20(16(3)4)24-30(28,29)19-13-8-7-9-14-19/h7-16,20,24H,5-6H2,1-4H3,(H,23,26)/t20-/m1/s1. The summed E-state index contributed by atoms with van der Waals surface area (Å²) in [5.41, 5.74) is 0.894. The van der Waals surface area contributed by atoms with Gasteiger partial charge in [0.25, 0.3) is 5.91 Å². The number of hydrogen-bond donors (Lipinski definition) is 2. The van der Waals surface area contributed by atoms with Crippen molar-refractivity contribution in [2.75, 3.05) is 18.4 Å². The summed E-state index contributed by atoms with van der Waals surface area (Å²) in [6.45, 7) is 8.50. The summed E-state index contributed by atoms with van der Waals surface area (Å²) < 4.78 is 27.8. The zero-order valence-corrected chi connectivity index (χ0v) is 18.6. The molecule has 162 valence electrons. The Morgan fingerprint density at radius 1 is 0.967 bits per heavy atom. The average Bonchev–Trinajstić information content (AvgIpc) is 2.73. The quantitative estimate of drug-likeness (QED) is 0.638. The minimum absolute atomic E-state index is 0.0928. The van der Waals surface area contributed by atoms with Crippen LogP contribution in [0.3, 0.4) is 0 Å². The lowest BCUT2D eigenvalue weighted by atomic mass is 10.0. The summed E-state index contributed by atoms with van der Waals surface area (Å²) in [4.78, 5) is 27.2. The predicted octanol–water partition coefficient (Wildman–Crippen LogP) is 3.11. The van der Waals surface area contributed by atoms with Crippen LogP contribution in [0.2, 0.25) is 0 Å². The number of rotatable bonds is 9. The fraction of sp³-hybridized carbons (Fsp3) is 0.364. The second-order valence-corrected chi connectivity index (χ2v) is 8.92. The predicted molar refractivity (Wildman–Crippen MR) is 118 cm³/mol. The van der Waals surface area contributed by atoms with E-state index < -0.39 is 22.0 Å². The highest BCUT2D eigenvalue weighted by atomic mass is 32.2. The van der Waals surface area contributed by atoms with Crippen LogP contribution in [-0.4, -0.2) is 44.3 Å². The molecule has 8 heteroatoms.